The third-order valence-electron chi connectivity index (χ3n) is 3.20. The molecule has 1 amide bonds. The Morgan fingerprint density at radius 2 is 2.29 bits per heavy atom. The summed E-state index contributed by atoms with van der Waals surface area (Å²) in [5, 5.41) is 9.60. The first-order chi connectivity index (χ1) is 8.08. The summed E-state index contributed by atoms with van der Waals surface area (Å²) in [7, 11) is 0. The number of hydrogen-bond donors (Lipinski definition) is 2. The van der Waals surface area contributed by atoms with Gasteiger partial charge < -0.3 is 15.7 Å². The molecule has 1 aliphatic heterocycles. The Bertz CT molecular complexity index is 431. The van der Waals surface area contributed by atoms with Crippen molar-refractivity contribution in [1.82, 2.24) is 4.90 Å². The van der Waals surface area contributed by atoms with Crippen molar-refractivity contribution in [3.63, 3.8) is 0 Å². The number of aromatic hydroxyl groups is 1. The molecule has 1 atom stereocenters. The molecule has 0 radical (unpaired) electrons. The predicted molar refractivity (Wildman–Crippen MR) is 66.0 cm³/mol. The van der Waals surface area contributed by atoms with Crippen LogP contribution >= 0.6 is 0 Å². The second-order valence-corrected chi connectivity index (χ2v) is 4.65. The lowest BCUT2D eigenvalue weighted by atomic mass is 10.0. The maximum absolute atomic E-state index is 12.2. The van der Waals surface area contributed by atoms with E-state index in [-0.39, 0.29) is 17.7 Å². The number of carbonyl (C=O) groups excluding carboxylic acids is 1. The fourth-order valence-corrected chi connectivity index (χ4v) is 2.12. The minimum atomic E-state index is -0.0459. The highest BCUT2D eigenvalue weighted by molar-refractivity contribution is 5.94. The van der Waals surface area contributed by atoms with Gasteiger partial charge in [-0.3, -0.25) is 4.79 Å². The summed E-state index contributed by atoms with van der Waals surface area (Å²) in [6.45, 7) is 3.16. The number of aryl methyl sites for hydroxylation is 1. The van der Waals surface area contributed by atoms with E-state index in [9.17, 15) is 9.90 Å². The van der Waals surface area contributed by atoms with Crippen LogP contribution in [-0.2, 0) is 0 Å². The van der Waals surface area contributed by atoms with Crippen LogP contribution in [0, 0.1) is 6.92 Å². The molecule has 0 unspecified atom stereocenters. The number of piperidine rings is 1. The predicted octanol–water partition coefficient (Wildman–Crippen LogP) is 1.26. The number of phenolic OH excluding ortho intramolecular Hbond substituents is 1. The van der Waals surface area contributed by atoms with Gasteiger partial charge in [-0.05, 0) is 37.5 Å². The molecule has 1 heterocycles. The fourth-order valence-electron chi connectivity index (χ4n) is 2.12. The zero-order valence-electron chi connectivity index (χ0n) is 10.0. The van der Waals surface area contributed by atoms with E-state index < -0.39 is 0 Å². The van der Waals surface area contributed by atoms with Crippen LogP contribution in [0.25, 0.3) is 0 Å². The Kier molecular flexibility index (Phi) is 3.33. The van der Waals surface area contributed by atoms with Crippen molar-refractivity contribution >= 4 is 5.91 Å². The van der Waals surface area contributed by atoms with Crippen LogP contribution in [0.3, 0.4) is 0 Å². The van der Waals surface area contributed by atoms with Crippen LogP contribution in [0.4, 0.5) is 0 Å². The van der Waals surface area contributed by atoms with Crippen molar-refractivity contribution in [3.05, 3.63) is 29.3 Å². The van der Waals surface area contributed by atoms with Gasteiger partial charge in [-0.1, -0.05) is 6.07 Å². The van der Waals surface area contributed by atoms with E-state index >= 15 is 0 Å². The van der Waals surface area contributed by atoms with Crippen LogP contribution in [0.15, 0.2) is 18.2 Å². The Morgan fingerprint density at radius 3 is 2.94 bits per heavy atom. The summed E-state index contributed by atoms with van der Waals surface area (Å²) in [5.41, 5.74) is 7.16. The monoisotopic (exact) mass is 234 g/mol. The normalized spacial score (nSPS) is 20.4. The molecular formula is C13H18N2O2. The van der Waals surface area contributed by atoms with Gasteiger partial charge in [-0.25, -0.2) is 0 Å². The Balaban J connectivity index is 2.15. The molecule has 17 heavy (non-hydrogen) atoms. The number of likely N-dealkylation sites (tertiary alicyclic amines) is 1. The quantitative estimate of drug-likeness (QED) is 0.769. The van der Waals surface area contributed by atoms with Crippen molar-refractivity contribution in [2.75, 3.05) is 13.1 Å². The number of rotatable bonds is 1. The summed E-state index contributed by atoms with van der Waals surface area (Å²) >= 11 is 0. The van der Waals surface area contributed by atoms with Crippen LogP contribution in [0.5, 0.6) is 5.75 Å². The molecule has 2 rings (SSSR count). The second kappa shape index (κ2) is 4.75. The van der Waals surface area contributed by atoms with Gasteiger partial charge >= 0.3 is 0 Å². The molecule has 1 fully saturated rings. The molecule has 0 aliphatic carbocycles. The van der Waals surface area contributed by atoms with Gasteiger partial charge in [0.1, 0.15) is 5.75 Å². The average Bonchev–Trinajstić information content (AvgIpc) is 2.32. The zero-order valence-corrected chi connectivity index (χ0v) is 10.0. The molecule has 1 aliphatic rings. The number of nitrogens with zero attached hydrogens (tertiary/aromatic N) is 1. The van der Waals surface area contributed by atoms with Crippen LogP contribution in [0.1, 0.15) is 28.8 Å². The van der Waals surface area contributed by atoms with Crippen LogP contribution in [0.2, 0.25) is 0 Å². The summed E-state index contributed by atoms with van der Waals surface area (Å²) in [5.74, 6) is 0.118. The third kappa shape index (κ3) is 2.58. The fraction of sp³-hybridized carbons (Fsp3) is 0.462. The molecule has 3 N–H and O–H groups in total. The van der Waals surface area contributed by atoms with E-state index in [1.807, 2.05) is 0 Å². The van der Waals surface area contributed by atoms with Gasteiger partial charge in [0, 0.05) is 24.7 Å². The Hall–Kier alpha value is -1.55. The van der Waals surface area contributed by atoms with Crippen molar-refractivity contribution in [2.45, 2.75) is 25.8 Å². The molecule has 1 aromatic carbocycles. The Morgan fingerprint density at radius 1 is 1.53 bits per heavy atom. The summed E-state index contributed by atoms with van der Waals surface area (Å²) in [6, 6.07) is 5.11. The highest BCUT2D eigenvalue weighted by atomic mass is 16.3. The van der Waals surface area contributed by atoms with Crippen LogP contribution in [-0.4, -0.2) is 35.0 Å². The molecule has 4 heteroatoms. The zero-order chi connectivity index (χ0) is 12.4. The number of benzene rings is 1. The van der Waals surface area contributed by atoms with Crippen molar-refractivity contribution < 1.29 is 9.90 Å². The van der Waals surface area contributed by atoms with Gasteiger partial charge in [0.15, 0.2) is 0 Å². The second-order valence-electron chi connectivity index (χ2n) is 4.65. The molecular weight excluding hydrogens is 216 g/mol. The van der Waals surface area contributed by atoms with Crippen LogP contribution < -0.4 is 5.73 Å². The van der Waals surface area contributed by atoms with E-state index in [0.29, 0.717) is 12.1 Å². The van der Waals surface area contributed by atoms with E-state index in [1.54, 1.807) is 24.0 Å². The van der Waals surface area contributed by atoms with E-state index in [2.05, 4.69) is 0 Å². The molecule has 92 valence electrons. The van der Waals surface area contributed by atoms with Gasteiger partial charge in [0.2, 0.25) is 0 Å². The first-order valence-electron chi connectivity index (χ1n) is 5.92. The highest BCUT2D eigenvalue weighted by Crippen LogP contribution is 2.20. The lowest BCUT2D eigenvalue weighted by Crippen LogP contribution is -2.45. The molecule has 0 saturated carbocycles. The summed E-state index contributed by atoms with van der Waals surface area (Å²) in [6.07, 6.45) is 1.92. The lowest BCUT2D eigenvalue weighted by molar-refractivity contribution is 0.0708. The van der Waals surface area contributed by atoms with E-state index in [0.717, 1.165) is 24.9 Å². The highest BCUT2D eigenvalue weighted by Gasteiger charge is 2.22. The number of amides is 1. The minimum absolute atomic E-state index is 0.0459. The standard InChI is InChI=1S/C13H18N2O2/c1-9-4-5-10(7-12(9)16)13(17)15-6-2-3-11(14)8-15/h4-5,7,11,16H,2-3,6,8,14H2,1H3/t11-/m1/s1. The SMILES string of the molecule is Cc1ccc(C(=O)N2CCC[C@@H](N)C2)cc1O. The first-order valence-corrected chi connectivity index (χ1v) is 5.92. The van der Waals surface area contributed by atoms with Gasteiger partial charge in [-0.2, -0.15) is 0 Å². The van der Waals surface area contributed by atoms with Crippen molar-refractivity contribution in [3.8, 4) is 5.75 Å². The van der Waals surface area contributed by atoms with Crippen molar-refractivity contribution in [2.24, 2.45) is 5.73 Å². The summed E-state index contributed by atoms with van der Waals surface area (Å²) in [4.78, 5) is 13.9. The maximum Gasteiger partial charge on any atom is 0.254 e. The number of carbonyl (C=O) groups is 1. The molecule has 4 nitrogen and oxygen atoms in total. The number of hydrogen-bond acceptors (Lipinski definition) is 3. The smallest absolute Gasteiger partial charge is 0.254 e. The maximum atomic E-state index is 12.2. The molecule has 1 aromatic rings. The van der Waals surface area contributed by atoms with Gasteiger partial charge in [0.25, 0.3) is 5.91 Å². The van der Waals surface area contributed by atoms with Gasteiger partial charge in [0.05, 0.1) is 0 Å². The average molecular weight is 234 g/mol. The molecule has 0 bridgehead atoms. The molecule has 0 aromatic heterocycles. The number of nitrogens with two attached hydrogens (primary N) is 1. The van der Waals surface area contributed by atoms with E-state index in [1.165, 1.54) is 6.07 Å². The largest absolute Gasteiger partial charge is 0.508 e. The Labute approximate surface area is 101 Å². The molecule has 0 spiro atoms. The lowest BCUT2D eigenvalue weighted by Gasteiger charge is -2.30. The summed E-state index contributed by atoms with van der Waals surface area (Å²) < 4.78 is 0. The first kappa shape index (κ1) is 11.9. The van der Waals surface area contributed by atoms with Gasteiger partial charge in [-0.15, -0.1) is 0 Å². The number of phenols is 1. The third-order valence-corrected chi connectivity index (χ3v) is 3.20. The topological polar surface area (TPSA) is 66.6 Å². The van der Waals surface area contributed by atoms with Crippen molar-refractivity contribution in [1.29, 1.82) is 0 Å². The minimum Gasteiger partial charge on any atom is -0.508 e. The molecule has 1 saturated heterocycles. The van der Waals surface area contributed by atoms with E-state index in [4.69, 9.17) is 5.73 Å².